The van der Waals surface area contributed by atoms with Crippen molar-refractivity contribution in [2.24, 2.45) is 0 Å². The van der Waals surface area contributed by atoms with Crippen molar-refractivity contribution in [1.82, 2.24) is 15.3 Å². The number of benzene rings is 1. The van der Waals surface area contributed by atoms with Crippen molar-refractivity contribution >= 4 is 11.7 Å². The number of para-hydroxylation sites is 1. The standard InChI is InChI=1S/C19H24N4O2/c1-25-17-10-6-5-7-14(17)12-20-19(24)16-11-18(22-13-21-16)23-15-8-3-2-4-9-15/h5-7,10-11,13,15H,2-4,8-9,12H2,1H3,(H,20,24)(H,21,22,23). The molecule has 1 fully saturated rings. The van der Waals surface area contributed by atoms with Gasteiger partial charge in [-0.2, -0.15) is 0 Å². The summed E-state index contributed by atoms with van der Waals surface area (Å²) in [6.45, 7) is 0.387. The molecule has 1 amide bonds. The first kappa shape index (κ1) is 17.2. The Bertz CT molecular complexity index is 714. The van der Waals surface area contributed by atoms with Gasteiger partial charge in [-0.25, -0.2) is 9.97 Å². The van der Waals surface area contributed by atoms with E-state index in [0.717, 1.165) is 24.2 Å². The fourth-order valence-electron chi connectivity index (χ4n) is 3.13. The molecule has 6 nitrogen and oxygen atoms in total. The highest BCUT2D eigenvalue weighted by molar-refractivity contribution is 5.92. The van der Waals surface area contributed by atoms with Crippen LogP contribution in [-0.4, -0.2) is 29.0 Å². The number of hydrogen-bond acceptors (Lipinski definition) is 5. The summed E-state index contributed by atoms with van der Waals surface area (Å²) in [6.07, 6.45) is 7.53. The minimum atomic E-state index is -0.222. The van der Waals surface area contributed by atoms with Crippen molar-refractivity contribution < 1.29 is 9.53 Å². The lowest BCUT2D eigenvalue weighted by atomic mass is 9.95. The Kier molecular flexibility index (Phi) is 5.82. The first-order valence-corrected chi connectivity index (χ1v) is 8.75. The molecule has 1 aliphatic rings. The molecular weight excluding hydrogens is 316 g/mol. The largest absolute Gasteiger partial charge is 0.496 e. The lowest BCUT2D eigenvalue weighted by Gasteiger charge is -2.23. The van der Waals surface area contributed by atoms with Crippen LogP contribution in [0.3, 0.4) is 0 Å². The molecule has 0 spiro atoms. The van der Waals surface area contributed by atoms with Crippen LogP contribution in [0.15, 0.2) is 36.7 Å². The molecular formula is C19H24N4O2. The predicted molar refractivity (Wildman–Crippen MR) is 96.7 cm³/mol. The van der Waals surface area contributed by atoms with Crippen LogP contribution < -0.4 is 15.4 Å². The molecule has 6 heteroatoms. The van der Waals surface area contributed by atoms with Crippen molar-refractivity contribution in [3.63, 3.8) is 0 Å². The van der Waals surface area contributed by atoms with Crippen LogP contribution in [0.2, 0.25) is 0 Å². The first-order valence-electron chi connectivity index (χ1n) is 8.75. The number of nitrogens with zero attached hydrogens (tertiary/aromatic N) is 2. The molecule has 0 bridgehead atoms. The maximum atomic E-state index is 12.4. The average Bonchev–Trinajstić information content (AvgIpc) is 2.67. The molecule has 132 valence electrons. The fraction of sp³-hybridized carbons (Fsp3) is 0.421. The van der Waals surface area contributed by atoms with Gasteiger partial charge < -0.3 is 15.4 Å². The second kappa shape index (κ2) is 8.46. The number of hydrogen-bond donors (Lipinski definition) is 2. The molecule has 1 saturated carbocycles. The number of rotatable bonds is 6. The number of nitrogens with one attached hydrogen (secondary N) is 2. The van der Waals surface area contributed by atoms with E-state index in [1.807, 2.05) is 24.3 Å². The van der Waals surface area contributed by atoms with Crippen LogP contribution in [0.1, 0.15) is 48.2 Å². The molecule has 0 saturated heterocycles. The van der Waals surface area contributed by atoms with E-state index >= 15 is 0 Å². The van der Waals surface area contributed by atoms with E-state index in [0.29, 0.717) is 24.1 Å². The van der Waals surface area contributed by atoms with Gasteiger partial charge in [0, 0.05) is 24.2 Å². The molecule has 1 aliphatic carbocycles. The second-order valence-electron chi connectivity index (χ2n) is 6.26. The number of aromatic nitrogens is 2. The zero-order valence-corrected chi connectivity index (χ0v) is 14.5. The van der Waals surface area contributed by atoms with Crippen molar-refractivity contribution in [2.75, 3.05) is 12.4 Å². The summed E-state index contributed by atoms with van der Waals surface area (Å²) in [5.74, 6) is 1.24. The van der Waals surface area contributed by atoms with Crippen LogP contribution >= 0.6 is 0 Å². The Morgan fingerprint density at radius 3 is 2.80 bits per heavy atom. The van der Waals surface area contributed by atoms with E-state index < -0.39 is 0 Å². The van der Waals surface area contributed by atoms with Crippen LogP contribution in [0.25, 0.3) is 0 Å². The van der Waals surface area contributed by atoms with E-state index in [-0.39, 0.29) is 5.91 Å². The monoisotopic (exact) mass is 340 g/mol. The summed E-state index contributed by atoms with van der Waals surface area (Å²) >= 11 is 0. The Hall–Kier alpha value is -2.63. The van der Waals surface area contributed by atoms with Gasteiger partial charge in [0.15, 0.2) is 0 Å². The number of carbonyl (C=O) groups excluding carboxylic acids is 1. The maximum Gasteiger partial charge on any atom is 0.270 e. The van der Waals surface area contributed by atoms with Gasteiger partial charge in [-0.15, -0.1) is 0 Å². The zero-order valence-electron chi connectivity index (χ0n) is 14.5. The molecule has 1 aromatic heterocycles. The van der Waals surface area contributed by atoms with Gasteiger partial charge in [-0.05, 0) is 18.9 Å². The maximum absolute atomic E-state index is 12.4. The molecule has 2 N–H and O–H groups in total. The topological polar surface area (TPSA) is 76.1 Å². The van der Waals surface area contributed by atoms with Crippen molar-refractivity contribution in [1.29, 1.82) is 0 Å². The molecule has 0 radical (unpaired) electrons. The average molecular weight is 340 g/mol. The highest BCUT2D eigenvalue weighted by Crippen LogP contribution is 2.21. The first-order chi connectivity index (χ1) is 12.3. The Labute approximate surface area is 148 Å². The number of ether oxygens (including phenoxy) is 1. The van der Waals surface area contributed by atoms with Crippen LogP contribution in [0.5, 0.6) is 5.75 Å². The molecule has 1 heterocycles. The lowest BCUT2D eigenvalue weighted by molar-refractivity contribution is 0.0945. The third kappa shape index (κ3) is 4.68. The summed E-state index contributed by atoms with van der Waals surface area (Å²) in [5, 5.41) is 6.30. The third-order valence-electron chi connectivity index (χ3n) is 4.49. The lowest BCUT2D eigenvalue weighted by Crippen LogP contribution is -2.26. The highest BCUT2D eigenvalue weighted by atomic mass is 16.5. The molecule has 1 aromatic carbocycles. The molecule has 0 unspecified atom stereocenters. The van der Waals surface area contributed by atoms with Gasteiger partial charge in [0.25, 0.3) is 5.91 Å². The van der Waals surface area contributed by atoms with Crippen molar-refractivity contribution in [3.8, 4) is 5.75 Å². The summed E-state index contributed by atoms with van der Waals surface area (Å²) < 4.78 is 5.30. The SMILES string of the molecule is COc1ccccc1CNC(=O)c1cc(NC2CCCCC2)ncn1. The number of carbonyl (C=O) groups is 1. The van der Waals surface area contributed by atoms with Crippen LogP contribution in [0.4, 0.5) is 5.82 Å². The summed E-state index contributed by atoms with van der Waals surface area (Å²) in [4.78, 5) is 20.7. The van der Waals surface area contributed by atoms with E-state index in [4.69, 9.17) is 4.74 Å². The Balaban J connectivity index is 1.61. The van der Waals surface area contributed by atoms with E-state index in [1.54, 1.807) is 13.2 Å². The molecule has 25 heavy (non-hydrogen) atoms. The normalized spacial score (nSPS) is 14.8. The summed E-state index contributed by atoms with van der Waals surface area (Å²) in [6, 6.07) is 9.77. The van der Waals surface area contributed by atoms with Gasteiger partial charge in [0.05, 0.1) is 7.11 Å². The minimum Gasteiger partial charge on any atom is -0.496 e. The van der Waals surface area contributed by atoms with E-state index in [1.165, 1.54) is 25.6 Å². The summed E-state index contributed by atoms with van der Waals surface area (Å²) in [7, 11) is 1.62. The number of anilines is 1. The molecule has 2 aromatic rings. The molecule has 3 rings (SSSR count). The molecule has 0 atom stereocenters. The van der Waals surface area contributed by atoms with E-state index in [9.17, 15) is 4.79 Å². The smallest absolute Gasteiger partial charge is 0.270 e. The predicted octanol–water partition coefficient (Wildman–Crippen LogP) is 3.16. The van der Waals surface area contributed by atoms with Gasteiger partial charge in [0.1, 0.15) is 23.6 Å². The van der Waals surface area contributed by atoms with Gasteiger partial charge in [0.2, 0.25) is 0 Å². The fourth-order valence-corrected chi connectivity index (χ4v) is 3.13. The van der Waals surface area contributed by atoms with Gasteiger partial charge in [-0.3, -0.25) is 4.79 Å². The Morgan fingerprint density at radius 2 is 2.00 bits per heavy atom. The minimum absolute atomic E-state index is 0.222. The number of methoxy groups -OCH3 is 1. The summed E-state index contributed by atoms with van der Waals surface area (Å²) in [5.41, 5.74) is 1.29. The van der Waals surface area contributed by atoms with Crippen molar-refractivity contribution in [2.45, 2.75) is 44.7 Å². The third-order valence-corrected chi connectivity index (χ3v) is 4.49. The van der Waals surface area contributed by atoms with Gasteiger partial charge in [-0.1, -0.05) is 37.5 Å². The molecule has 0 aliphatic heterocycles. The second-order valence-corrected chi connectivity index (χ2v) is 6.26. The highest BCUT2D eigenvalue weighted by Gasteiger charge is 2.15. The quantitative estimate of drug-likeness (QED) is 0.845. The number of amides is 1. The zero-order chi connectivity index (χ0) is 17.5. The van der Waals surface area contributed by atoms with Crippen molar-refractivity contribution in [3.05, 3.63) is 47.9 Å². The van der Waals surface area contributed by atoms with Gasteiger partial charge >= 0.3 is 0 Å². The van der Waals surface area contributed by atoms with Crippen LogP contribution in [0, 0.1) is 0 Å². The Morgan fingerprint density at radius 1 is 1.20 bits per heavy atom. The van der Waals surface area contributed by atoms with Crippen LogP contribution in [-0.2, 0) is 6.54 Å². The van der Waals surface area contributed by atoms with E-state index in [2.05, 4.69) is 20.6 Å².